The third kappa shape index (κ3) is 3.88. The zero-order valence-electron chi connectivity index (χ0n) is 2.99. The predicted molar refractivity (Wildman–Crippen MR) is 17.8 cm³/mol. The lowest BCUT2D eigenvalue weighted by Gasteiger charge is -2.01. The average Bonchev–Trinajstić information content (AvgIpc) is 1.35. The summed E-state index contributed by atoms with van der Waals surface area (Å²) in [7, 11) is 3.95. The molecule has 0 aliphatic rings. The lowest BCUT2D eigenvalue weighted by atomic mass is 10.0. The first kappa shape index (κ1) is 5.88. The molecule has 0 rings (SSSR count). The Morgan fingerprint density at radius 2 is 1.83 bits per heavy atom. The second kappa shape index (κ2) is 1.56. The van der Waals surface area contributed by atoms with E-state index in [2.05, 4.69) is 7.85 Å². The van der Waals surface area contributed by atoms with Gasteiger partial charge in [-0.05, 0) is 0 Å². The Morgan fingerprint density at radius 1 is 1.67 bits per heavy atom. The molecule has 0 atom stereocenters. The molecule has 0 bridgehead atoms. The molecule has 0 fully saturated rings. The van der Waals surface area contributed by atoms with Crippen LogP contribution in [0.3, 0.4) is 0 Å². The summed E-state index contributed by atoms with van der Waals surface area (Å²) in [6.45, 7) is -1.28. The van der Waals surface area contributed by atoms with Gasteiger partial charge in [0.1, 0.15) is 0 Å². The number of aliphatic hydroxyl groups excluding tert-OH is 1. The van der Waals surface area contributed by atoms with Gasteiger partial charge in [0.2, 0.25) is 5.82 Å². The van der Waals surface area contributed by atoms with Crippen LogP contribution in [-0.2, 0) is 0 Å². The molecule has 1 N–H and O–H groups in total. The van der Waals surface area contributed by atoms with Crippen LogP contribution < -0.4 is 0 Å². The molecule has 0 aromatic heterocycles. The van der Waals surface area contributed by atoms with Gasteiger partial charge in [0, 0.05) is 0 Å². The van der Waals surface area contributed by atoms with E-state index in [4.69, 9.17) is 5.11 Å². The van der Waals surface area contributed by atoms with Crippen LogP contribution in [0.15, 0.2) is 0 Å². The summed E-state index contributed by atoms with van der Waals surface area (Å²) in [4.78, 5) is 0. The number of alkyl halides is 2. The fraction of sp³-hybridized carbons (Fsp3) is 1.00. The van der Waals surface area contributed by atoms with Crippen molar-refractivity contribution in [2.24, 2.45) is 0 Å². The van der Waals surface area contributed by atoms with Gasteiger partial charge in [-0.15, -0.1) is 0 Å². The van der Waals surface area contributed by atoms with E-state index < -0.39 is 12.4 Å². The molecule has 0 heterocycles. The summed E-state index contributed by atoms with van der Waals surface area (Å²) in [5.74, 6) is -3.40. The van der Waals surface area contributed by atoms with Gasteiger partial charge in [-0.1, -0.05) is 0 Å². The minimum Gasteiger partial charge on any atom is -0.391 e. The van der Waals surface area contributed by atoms with Gasteiger partial charge in [0.05, 0.1) is 6.61 Å². The Hall–Kier alpha value is -0.115. The summed E-state index contributed by atoms with van der Waals surface area (Å²) in [6, 6.07) is 0. The van der Waals surface area contributed by atoms with Gasteiger partial charge in [0.15, 0.2) is 7.85 Å². The van der Waals surface area contributed by atoms with Crippen LogP contribution >= 0.6 is 0 Å². The summed E-state index contributed by atoms with van der Waals surface area (Å²) < 4.78 is 22.0. The highest BCUT2D eigenvalue weighted by molar-refractivity contribution is 6.13. The van der Waals surface area contributed by atoms with Gasteiger partial charge in [-0.2, -0.15) is 0 Å². The van der Waals surface area contributed by atoms with E-state index >= 15 is 0 Å². The highest BCUT2D eigenvalue weighted by Crippen LogP contribution is 2.02. The van der Waals surface area contributed by atoms with Gasteiger partial charge >= 0.3 is 0 Å². The fourth-order valence-electron chi connectivity index (χ4n) is 0. The Balaban J connectivity index is 3.17. The van der Waals surface area contributed by atoms with Crippen molar-refractivity contribution in [2.75, 3.05) is 6.61 Å². The summed E-state index contributed by atoms with van der Waals surface area (Å²) in [5.41, 5.74) is 0. The monoisotopic (exact) mass is 92.0 g/mol. The van der Waals surface area contributed by atoms with Crippen LogP contribution in [0.25, 0.3) is 0 Å². The van der Waals surface area contributed by atoms with E-state index in [0.717, 1.165) is 0 Å². The SMILES string of the molecule is [B]C(F)(F)CO. The number of halogens is 2. The van der Waals surface area contributed by atoms with E-state index in [1.54, 1.807) is 0 Å². The topological polar surface area (TPSA) is 20.2 Å². The van der Waals surface area contributed by atoms with Gasteiger partial charge in [-0.3, -0.25) is 0 Å². The number of hydrogen-bond donors (Lipinski definition) is 1. The molecule has 4 heteroatoms. The normalized spacial score (nSPS) is 11.8. The fourth-order valence-corrected chi connectivity index (χ4v) is 0. The van der Waals surface area contributed by atoms with Crippen molar-refractivity contribution >= 4 is 7.85 Å². The molecule has 6 heavy (non-hydrogen) atoms. The average molecular weight is 91.9 g/mol. The van der Waals surface area contributed by atoms with Crippen LogP contribution in [0.1, 0.15) is 0 Å². The second-order valence-corrected chi connectivity index (χ2v) is 0.919. The quantitative estimate of drug-likeness (QED) is 0.441. The minimum absolute atomic E-state index is 1.28. The lowest BCUT2D eigenvalue weighted by Crippen LogP contribution is -2.20. The first-order chi connectivity index (χ1) is 2.56. The van der Waals surface area contributed by atoms with Crippen molar-refractivity contribution in [2.45, 2.75) is 5.82 Å². The lowest BCUT2D eigenvalue weighted by molar-refractivity contribution is 0.0277. The molecule has 0 saturated carbocycles. The van der Waals surface area contributed by atoms with Crippen molar-refractivity contribution in [1.29, 1.82) is 0 Å². The third-order valence-corrected chi connectivity index (χ3v) is 0.211. The predicted octanol–water partition coefficient (Wildman–Crippen LogP) is -0.260. The Bertz CT molecular complexity index is 41.3. The molecule has 2 radical (unpaired) electrons. The second-order valence-electron chi connectivity index (χ2n) is 0.919. The summed E-state index contributed by atoms with van der Waals surface area (Å²) in [5, 5.41) is 7.53. The van der Waals surface area contributed by atoms with Crippen LogP contribution in [-0.4, -0.2) is 25.4 Å². The molecule has 34 valence electrons. The molecule has 1 nitrogen and oxygen atoms in total. The van der Waals surface area contributed by atoms with E-state index in [9.17, 15) is 8.78 Å². The van der Waals surface area contributed by atoms with Crippen molar-refractivity contribution in [3.63, 3.8) is 0 Å². The molecular formula is C2H3BF2O. The van der Waals surface area contributed by atoms with Crippen LogP contribution in [0.4, 0.5) is 8.78 Å². The van der Waals surface area contributed by atoms with Crippen molar-refractivity contribution < 1.29 is 13.9 Å². The van der Waals surface area contributed by atoms with Crippen LogP contribution in [0.2, 0.25) is 0 Å². The zero-order valence-corrected chi connectivity index (χ0v) is 2.99. The first-order valence-corrected chi connectivity index (χ1v) is 1.34. The molecule has 0 spiro atoms. The largest absolute Gasteiger partial charge is 0.391 e. The number of aliphatic hydroxyl groups is 1. The molecule has 0 saturated heterocycles. The highest BCUT2D eigenvalue weighted by Gasteiger charge is 2.16. The maximum absolute atomic E-state index is 11.0. The van der Waals surface area contributed by atoms with E-state index in [1.807, 2.05) is 0 Å². The maximum Gasteiger partial charge on any atom is 0.222 e. The van der Waals surface area contributed by atoms with Gasteiger partial charge < -0.3 is 5.11 Å². The van der Waals surface area contributed by atoms with Crippen LogP contribution in [0, 0.1) is 0 Å². The van der Waals surface area contributed by atoms with E-state index in [1.165, 1.54) is 0 Å². The number of hydrogen-bond acceptors (Lipinski definition) is 1. The molecule has 0 aromatic carbocycles. The summed E-state index contributed by atoms with van der Waals surface area (Å²) in [6.07, 6.45) is 0. The Labute approximate surface area is 35.4 Å². The van der Waals surface area contributed by atoms with Crippen molar-refractivity contribution in [3.8, 4) is 0 Å². The molecular weight excluding hydrogens is 88.8 g/mol. The Morgan fingerprint density at radius 3 is 1.83 bits per heavy atom. The van der Waals surface area contributed by atoms with Crippen molar-refractivity contribution in [1.82, 2.24) is 0 Å². The van der Waals surface area contributed by atoms with E-state index in [0.29, 0.717) is 0 Å². The third-order valence-electron chi connectivity index (χ3n) is 0.211. The van der Waals surface area contributed by atoms with Gasteiger partial charge in [-0.25, -0.2) is 8.78 Å². The van der Waals surface area contributed by atoms with E-state index in [-0.39, 0.29) is 0 Å². The Kier molecular flexibility index (Phi) is 1.53. The van der Waals surface area contributed by atoms with Gasteiger partial charge in [0.25, 0.3) is 0 Å². The minimum atomic E-state index is -3.40. The van der Waals surface area contributed by atoms with Crippen LogP contribution in [0.5, 0.6) is 0 Å². The standard InChI is InChI=1S/C2H3BF2O/c3-2(4,5)1-6/h6H,1H2. The maximum atomic E-state index is 11.0. The number of rotatable bonds is 1. The first-order valence-electron chi connectivity index (χ1n) is 1.34. The van der Waals surface area contributed by atoms with Crippen molar-refractivity contribution in [3.05, 3.63) is 0 Å². The molecule has 0 amide bonds. The zero-order chi connectivity index (χ0) is 5.21. The molecule has 0 aliphatic heterocycles. The molecule has 0 unspecified atom stereocenters. The highest BCUT2D eigenvalue weighted by atomic mass is 19.3. The summed E-state index contributed by atoms with van der Waals surface area (Å²) >= 11 is 0. The smallest absolute Gasteiger partial charge is 0.222 e. The molecule has 0 aliphatic carbocycles. The molecule has 0 aromatic rings.